The third-order valence-electron chi connectivity index (χ3n) is 4.27. The van der Waals surface area contributed by atoms with Gasteiger partial charge in [-0.1, -0.05) is 13.8 Å². The lowest BCUT2D eigenvalue weighted by Crippen LogP contribution is -2.25. The Kier molecular flexibility index (Phi) is 3.89. The molecule has 1 aliphatic rings. The van der Waals surface area contributed by atoms with Crippen molar-refractivity contribution in [3.05, 3.63) is 23.7 Å². The minimum atomic E-state index is -0.00609. The van der Waals surface area contributed by atoms with Crippen molar-refractivity contribution in [2.24, 2.45) is 5.41 Å². The van der Waals surface area contributed by atoms with Crippen molar-refractivity contribution in [2.45, 2.75) is 46.3 Å². The van der Waals surface area contributed by atoms with E-state index in [1.165, 1.54) is 25.8 Å². The maximum atomic E-state index is 8.96. The van der Waals surface area contributed by atoms with E-state index in [9.17, 15) is 0 Å². The molecule has 0 aromatic carbocycles. The number of hydrogen-bond acceptors (Lipinski definition) is 3. The summed E-state index contributed by atoms with van der Waals surface area (Å²) in [5.41, 5.74) is 0.520. The molecule has 3 nitrogen and oxygen atoms in total. The Bertz CT molecular complexity index is 355. The van der Waals surface area contributed by atoms with Gasteiger partial charge in [-0.15, -0.1) is 0 Å². The van der Waals surface area contributed by atoms with Crippen LogP contribution in [0.5, 0.6) is 0 Å². The molecule has 2 heterocycles. The lowest BCUT2D eigenvalue weighted by Gasteiger charge is -2.26. The van der Waals surface area contributed by atoms with Crippen molar-refractivity contribution in [1.82, 2.24) is 4.90 Å². The van der Waals surface area contributed by atoms with Crippen LogP contribution in [0.4, 0.5) is 0 Å². The first-order chi connectivity index (χ1) is 8.21. The number of nitrogens with zero attached hydrogens (tertiary/aromatic N) is 1. The molecule has 1 saturated heterocycles. The Labute approximate surface area is 103 Å². The smallest absolute Gasteiger partial charge is 0.129 e. The van der Waals surface area contributed by atoms with Crippen LogP contribution in [-0.2, 0) is 13.2 Å². The maximum Gasteiger partial charge on any atom is 0.129 e. The summed E-state index contributed by atoms with van der Waals surface area (Å²) >= 11 is 0. The molecule has 0 unspecified atom stereocenters. The molecule has 1 fully saturated rings. The van der Waals surface area contributed by atoms with Gasteiger partial charge in [0.25, 0.3) is 0 Å². The van der Waals surface area contributed by atoms with Gasteiger partial charge in [0.1, 0.15) is 18.1 Å². The maximum absolute atomic E-state index is 8.96. The van der Waals surface area contributed by atoms with E-state index in [1.807, 2.05) is 12.1 Å². The van der Waals surface area contributed by atoms with Gasteiger partial charge in [0.2, 0.25) is 0 Å². The monoisotopic (exact) mass is 237 g/mol. The molecule has 0 radical (unpaired) electrons. The number of hydrogen-bond donors (Lipinski definition) is 1. The van der Waals surface area contributed by atoms with Gasteiger partial charge in [-0.2, -0.15) is 0 Å². The summed E-state index contributed by atoms with van der Waals surface area (Å²) in [5.74, 6) is 1.63. The van der Waals surface area contributed by atoms with E-state index in [0.29, 0.717) is 11.2 Å². The molecule has 0 aliphatic carbocycles. The fraction of sp³-hybridized carbons (Fsp3) is 0.714. The Morgan fingerprint density at radius 2 is 2.00 bits per heavy atom. The highest BCUT2D eigenvalue weighted by atomic mass is 16.4. The summed E-state index contributed by atoms with van der Waals surface area (Å²) in [7, 11) is 0. The molecule has 1 N–H and O–H groups in total. The second-order valence-corrected chi connectivity index (χ2v) is 5.19. The highest BCUT2D eigenvalue weighted by Crippen LogP contribution is 2.37. The van der Waals surface area contributed by atoms with Crippen molar-refractivity contribution in [3.63, 3.8) is 0 Å². The minimum absolute atomic E-state index is 0.00609. The summed E-state index contributed by atoms with van der Waals surface area (Å²) in [6, 6.07) is 3.84. The van der Waals surface area contributed by atoms with E-state index in [1.54, 1.807) is 0 Å². The molecule has 1 aliphatic heterocycles. The van der Waals surface area contributed by atoms with Gasteiger partial charge in [-0.25, -0.2) is 0 Å². The molecule has 96 valence electrons. The van der Waals surface area contributed by atoms with Crippen LogP contribution in [0, 0.1) is 5.41 Å². The highest BCUT2D eigenvalue weighted by Gasteiger charge is 2.34. The Hall–Kier alpha value is -0.800. The normalized spacial score (nSPS) is 19.9. The average molecular weight is 237 g/mol. The van der Waals surface area contributed by atoms with Crippen LogP contribution in [0.2, 0.25) is 0 Å². The minimum Gasteiger partial charge on any atom is -0.462 e. The molecule has 1 aromatic rings. The van der Waals surface area contributed by atoms with Crippen molar-refractivity contribution in [1.29, 1.82) is 0 Å². The van der Waals surface area contributed by atoms with Gasteiger partial charge < -0.3 is 9.52 Å². The third-order valence-corrected chi connectivity index (χ3v) is 4.27. The lowest BCUT2D eigenvalue weighted by molar-refractivity contribution is 0.213. The zero-order valence-electron chi connectivity index (χ0n) is 10.9. The largest absolute Gasteiger partial charge is 0.462 e. The van der Waals surface area contributed by atoms with Crippen LogP contribution in [0.25, 0.3) is 0 Å². The second kappa shape index (κ2) is 5.23. The molecule has 0 atom stereocenters. The Morgan fingerprint density at radius 1 is 1.29 bits per heavy atom. The zero-order chi connectivity index (χ0) is 12.3. The van der Waals surface area contributed by atoms with Gasteiger partial charge in [-0.3, -0.25) is 4.90 Å². The number of furan rings is 1. The number of aliphatic hydroxyl groups is 1. The quantitative estimate of drug-likeness (QED) is 0.855. The van der Waals surface area contributed by atoms with Crippen LogP contribution in [0.3, 0.4) is 0 Å². The third kappa shape index (κ3) is 2.72. The first-order valence-electron chi connectivity index (χ1n) is 6.62. The van der Waals surface area contributed by atoms with Crippen molar-refractivity contribution in [3.8, 4) is 0 Å². The summed E-state index contributed by atoms with van der Waals surface area (Å²) in [4.78, 5) is 2.47. The van der Waals surface area contributed by atoms with Gasteiger partial charge in [0.05, 0.1) is 6.54 Å². The van der Waals surface area contributed by atoms with Crippen molar-refractivity contribution < 1.29 is 9.52 Å². The molecule has 0 bridgehead atoms. The average Bonchev–Trinajstić information content (AvgIpc) is 2.97. The Balaban J connectivity index is 1.93. The number of rotatable bonds is 5. The molecule has 2 rings (SSSR count). The van der Waals surface area contributed by atoms with Crippen LogP contribution in [0.15, 0.2) is 16.5 Å². The summed E-state index contributed by atoms with van der Waals surface area (Å²) < 4.78 is 5.54. The van der Waals surface area contributed by atoms with E-state index in [0.717, 1.165) is 18.8 Å². The molecule has 17 heavy (non-hydrogen) atoms. The first kappa shape index (κ1) is 12.7. The molecule has 1 aromatic heterocycles. The summed E-state index contributed by atoms with van der Waals surface area (Å²) in [6.07, 6.45) is 3.83. The first-order valence-corrected chi connectivity index (χ1v) is 6.62. The standard InChI is InChI=1S/C14H23NO2/c1-3-14(4-2)7-8-15(11-14)9-12-5-6-13(10-16)17-12/h5-6,16H,3-4,7-11H2,1-2H3. The zero-order valence-corrected chi connectivity index (χ0v) is 10.9. The molecular weight excluding hydrogens is 214 g/mol. The van der Waals surface area contributed by atoms with Crippen LogP contribution in [-0.4, -0.2) is 23.1 Å². The van der Waals surface area contributed by atoms with E-state index < -0.39 is 0 Å². The second-order valence-electron chi connectivity index (χ2n) is 5.19. The predicted molar refractivity (Wildman–Crippen MR) is 67.5 cm³/mol. The summed E-state index contributed by atoms with van der Waals surface area (Å²) in [5, 5.41) is 8.96. The van der Waals surface area contributed by atoms with Crippen LogP contribution < -0.4 is 0 Å². The van der Waals surface area contributed by atoms with Crippen LogP contribution >= 0.6 is 0 Å². The van der Waals surface area contributed by atoms with Crippen molar-refractivity contribution >= 4 is 0 Å². The molecule has 0 amide bonds. The fourth-order valence-corrected chi connectivity index (χ4v) is 2.80. The van der Waals surface area contributed by atoms with Crippen molar-refractivity contribution in [2.75, 3.05) is 13.1 Å². The van der Waals surface area contributed by atoms with E-state index in [2.05, 4.69) is 18.7 Å². The molecular formula is C14H23NO2. The van der Waals surface area contributed by atoms with Gasteiger partial charge >= 0.3 is 0 Å². The Morgan fingerprint density at radius 3 is 2.53 bits per heavy atom. The van der Waals surface area contributed by atoms with Gasteiger partial charge in [0.15, 0.2) is 0 Å². The molecule has 3 heteroatoms. The fourth-order valence-electron chi connectivity index (χ4n) is 2.80. The topological polar surface area (TPSA) is 36.6 Å². The molecule has 0 saturated carbocycles. The van der Waals surface area contributed by atoms with Gasteiger partial charge in [-0.05, 0) is 43.4 Å². The van der Waals surface area contributed by atoms with E-state index >= 15 is 0 Å². The highest BCUT2D eigenvalue weighted by molar-refractivity contribution is 5.06. The van der Waals surface area contributed by atoms with Gasteiger partial charge in [0, 0.05) is 6.54 Å². The lowest BCUT2D eigenvalue weighted by atomic mass is 9.82. The predicted octanol–water partition coefficient (Wildman–Crippen LogP) is 2.78. The number of aliphatic hydroxyl groups excluding tert-OH is 1. The van der Waals surface area contributed by atoms with E-state index in [-0.39, 0.29) is 6.61 Å². The summed E-state index contributed by atoms with van der Waals surface area (Å²) in [6.45, 7) is 7.80. The SMILES string of the molecule is CCC1(CC)CCN(Cc2ccc(CO)o2)C1. The van der Waals surface area contributed by atoms with Crippen LogP contribution in [0.1, 0.15) is 44.6 Å². The molecule has 0 spiro atoms. The number of likely N-dealkylation sites (tertiary alicyclic amines) is 1. The van der Waals surface area contributed by atoms with E-state index in [4.69, 9.17) is 9.52 Å².